The van der Waals surface area contributed by atoms with Gasteiger partial charge in [0.05, 0.1) is 11.5 Å². The van der Waals surface area contributed by atoms with Crippen LogP contribution in [-0.2, 0) is 9.53 Å². The molecule has 0 aliphatic carbocycles. The second kappa shape index (κ2) is 5.42. The Bertz CT molecular complexity index is 365. The number of Topliss-reactive ketones (excluding diaryl/α,β-unsaturated/α-hetero) is 1. The van der Waals surface area contributed by atoms with E-state index in [1.807, 2.05) is 13.8 Å². The maximum Gasteiger partial charge on any atom is 0.171 e. The summed E-state index contributed by atoms with van der Waals surface area (Å²) in [6.45, 7) is 15.7. The fraction of sp³-hybridized carbons (Fsp3) is 0.941. The van der Waals surface area contributed by atoms with E-state index in [0.717, 1.165) is 31.5 Å². The molecule has 2 saturated heterocycles. The van der Waals surface area contributed by atoms with Crippen LogP contribution in [0.3, 0.4) is 0 Å². The number of hydrogen-bond donors (Lipinski definition) is 0. The molecule has 1 unspecified atom stereocenters. The van der Waals surface area contributed by atoms with Crippen molar-refractivity contribution in [2.24, 2.45) is 17.8 Å². The molecule has 0 aromatic heterocycles. The third kappa shape index (κ3) is 3.09. The van der Waals surface area contributed by atoms with Gasteiger partial charge in [-0.15, -0.1) is 0 Å². The van der Waals surface area contributed by atoms with Crippen molar-refractivity contribution in [3.63, 3.8) is 0 Å². The smallest absolute Gasteiger partial charge is 0.171 e. The highest BCUT2D eigenvalue weighted by atomic mass is 16.5. The number of hydrogen-bond acceptors (Lipinski definition) is 3. The molecule has 2 heterocycles. The molecule has 2 aliphatic heterocycles. The van der Waals surface area contributed by atoms with Crippen LogP contribution in [0, 0.1) is 17.8 Å². The standard InChI is InChI=1S/C17H31NO2/c1-12(2)13-7-9-18(10-8-13)11-14-15(19)17(5,6)20-16(14,3)4/h12-14H,7-11H2,1-6H3. The van der Waals surface area contributed by atoms with Crippen molar-refractivity contribution < 1.29 is 9.53 Å². The predicted molar refractivity (Wildman–Crippen MR) is 81.7 cm³/mol. The van der Waals surface area contributed by atoms with E-state index in [2.05, 4.69) is 32.6 Å². The molecular weight excluding hydrogens is 250 g/mol. The average Bonchev–Trinajstić information content (AvgIpc) is 2.48. The Morgan fingerprint density at radius 3 is 2.15 bits per heavy atom. The lowest BCUT2D eigenvalue weighted by Gasteiger charge is -2.36. The monoisotopic (exact) mass is 281 g/mol. The normalized spacial score (nSPS) is 31.1. The minimum Gasteiger partial charge on any atom is -0.361 e. The lowest BCUT2D eigenvalue weighted by Crippen LogP contribution is -2.44. The third-order valence-corrected chi connectivity index (χ3v) is 5.28. The van der Waals surface area contributed by atoms with E-state index < -0.39 is 5.60 Å². The molecule has 2 aliphatic rings. The number of carbonyl (C=O) groups excluding carboxylic acids is 1. The Hall–Kier alpha value is -0.410. The molecule has 0 saturated carbocycles. The van der Waals surface area contributed by atoms with Crippen LogP contribution < -0.4 is 0 Å². The number of rotatable bonds is 3. The molecule has 1 atom stereocenters. The minimum absolute atomic E-state index is 0.00750. The molecule has 0 bridgehead atoms. The molecule has 2 fully saturated rings. The molecule has 0 aromatic carbocycles. The lowest BCUT2D eigenvalue weighted by molar-refractivity contribution is -0.132. The van der Waals surface area contributed by atoms with Crippen molar-refractivity contribution in [2.75, 3.05) is 19.6 Å². The molecule has 0 radical (unpaired) electrons. The van der Waals surface area contributed by atoms with E-state index >= 15 is 0 Å². The maximum absolute atomic E-state index is 12.5. The first-order valence-corrected chi connectivity index (χ1v) is 8.10. The van der Waals surface area contributed by atoms with Gasteiger partial charge in [0.1, 0.15) is 5.60 Å². The van der Waals surface area contributed by atoms with Crippen LogP contribution in [0.25, 0.3) is 0 Å². The first-order valence-electron chi connectivity index (χ1n) is 8.10. The van der Waals surface area contributed by atoms with E-state index in [4.69, 9.17) is 4.74 Å². The largest absolute Gasteiger partial charge is 0.361 e. The van der Waals surface area contributed by atoms with Crippen LogP contribution >= 0.6 is 0 Å². The molecule has 116 valence electrons. The van der Waals surface area contributed by atoms with E-state index in [-0.39, 0.29) is 17.3 Å². The van der Waals surface area contributed by atoms with E-state index in [1.54, 1.807) is 0 Å². The summed E-state index contributed by atoms with van der Waals surface area (Å²) in [5.74, 6) is 1.91. The van der Waals surface area contributed by atoms with Gasteiger partial charge in [-0.05, 0) is 65.5 Å². The Kier molecular flexibility index (Phi) is 4.32. The Morgan fingerprint density at radius 1 is 1.20 bits per heavy atom. The van der Waals surface area contributed by atoms with E-state index in [1.165, 1.54) is 12.8 Å². The number of ether oxygens (including phenoxy) is 1. The minimum atomic E-state index is -0.621. The zero-order chi connectivity index (χ0) is 15.1. The highest BCUT2D eigenvalue weighted by Crippen LogP contribution is 2.40. The van der Waals surface area contributed by atoms with Crippen LogP contribution in [0.15, 0.2) is 0 Å². The summed E-state index contributed by atoms with van der Waals surface area (Å²) >= 11 is 0. The quantitative estimate of drug-likeness (QED) is 0.796. The van der Waals surface area contributed by atoms with Crippen LogP contribution in [-0.4, -0.2) is 41.5 Å². The number of piperidine rings is 1. The van der Waals surface area contributed by atoms with Gasteiger partial charge in [0.15, 0.2) is 5.78 Å². The van der Waals surface area contributed by atoms with Gasteiger partial charge in [0.25, 0.3) is 0 Å². The van der Waals surface area contributed by atoms with Gasteiger partial charge < -0.3 is 9.64 Å². The van der Waals surface area contributed by atoms with Crippen molar-refractivity contribution in [3.05, 3.63) is 0 Å². The summed E-state index contributed by atoms with van der Waals surface area (Å²) in [4.78, 5) is 15.0. The summed E-state index contributed by atoms with van der Waals surface area (Å²) in [7, 11) is 0. The van der Waals surface area contributed by atoms with Crippen LogP contribution in [0.4, 0.5) is 0 Å². The summed E-state index contributed by atoms with van der Waals surface area (Å²) in [6.07, 6.45) is 2.53. The number of carbonyl (C=O) groups is 1. The SMILES string of the molecule is CC(C)C1CCN(CC2C(=O)C(C)(C)OC2(C)C)CC1. The third-order valence-electron chi connectivity index (χ3n) is 5.28. The number of nitrogens with zero attached hydrogens (tertiary/aromatic N) is 1. The van der Waals surface area contributed by atoms with Crippen molar-refractivity contribution >= 4 is 5.78 Å². The van der Waals surface area contributed by atoms with Gasteiger partial charge in [-0.3, -0.25) is 4.79 Å². The zero-order valence-electron chi connectivity index (χ0n) is 14.0. The van der Waals surface area contributed by atoms with Crippen molar-refractivity contribution in [3.8, 4) is 0 Å². The first kappa shape index (κ1) is 16.0. The molecular formula is C17H31NO2. The highest BCUT2D eigenvalue weighted by molar-refractivity contribution is 5.91. The fourth-order valence-corrected chi connectivity index (χ4v) is 3.88. The Labute approximate surface area is 124 Å². The molecule has 0 spiro atoms. The number of likely N-dealkylation sites (tertiary alicyclic amines) is 1. The number of ketones is 1. The summed E-state index contributed by atoms with van der Waals surface area (Å²) in [6, 6.07) is 0. The van der Waals surface area contributed by atoms with E-state index in [0.29, 0.717) is 0 Å². The zero-order valence-corrected chi connectivity index (χ0v) is 14.0. The van der Waals surface area contributed by atoms with Crippen LogP contribution in [0.2, 0.25) is 0 Å². The summed E-state index contributed by atoms with van der Waals surface area (Å²) < 4.78 is 5.99. The van der Waals surface area contributed by atoms with Gasteiger partial charge in [0, 0.05) is 6.54 Å². The summed E-state index contributed by atoms with van der Waals surface area (Å²) in [5.41, 5.74) is -0.958. The molecule has 0 aromatic rings. The highest BCUT2D eigenvalue weighted by Gasteiger charge is 2.53. The second-order valence-electron chi connectivity index (χ2n) is 8.01. The first-order chi connectivity index (χ1) is 9.13. The molecule has 2 rings (SSSR count). The average molecular weight is 281 g/mol. The molecule has 0 N–H and O–H groups in total. The van der Waals surface area contributed by atoms with Gasteiger partial charge >= 0.3 is 0 Å². The van der Waals surface area contributed by atoms with Gasteiger partial charge in [0.2, 0.25) is 0 Å². The fourth-order valence-electron chi connectivity index (χ4n) is 3.88. The topological polar surface area (TPSA) is 29.5 Å². The molecule has 0 amide bonds. The molecule has 3 heteroatoms. The second-order valence-corrected chi connectivity index (χ2v) is 8.01. The Morgan fingerprint density at radius 2 is 1.75 bits per heavy atom. The van der Waals surface area contributed by atoms with E-state index in [9.17, 15) is 4.79 Å². The summed E-state index contributed by atoms with van der Waals surface area (Å²) in [5, 5.41) is 0. The van der Waals surface area contributed by atoms with Gasteiger partial charge in [-0.1, -0.05) is 13.8 Å². The molecule has 20 heavy (non-hydrogen) atoms. The lowest BCUT2D eigenvalue weighted by atomic mass is 9.83. The van der Waals surface area contributed by atoms with Crippen LogP contribution in [0.5, 0.6) is 0 Å². The molecule has 3 nitrogen and oxygen atoms in total. The maximum atomic E-state index is 12.5. The van der Waals surface area contributed by atoms with Crippen molar-refractivity contribution in [1.82, 2.24) is 4.90 Å². The van der Waals surface area contributed by atoms with Crippen molar-refractivity contribution in [1.29, 1.82) is 0 Å². The Balaban J connectivity index is 1.96. The van der Waals surface area contributed by atoms with Gasteiger partial charge in [-0.2, -0.15) is 0 Å². The van der Waals surface area contributed by atoms with Gasteiger partial charge in [-0.25, -0.2) is 0 Å². The predicted octanol–water partition coefficient (Wildman–Crippen LogP) is 3.13. The van der Waals surface area contributed by atoms with Crippen LogP contribution in [0.1, 0.15) is 54.4 Å². The van der Waals surface area contributed by atoms with Crippen molar-refractivity contribution in [2.45, 2.75) is 65.6 Å².